The molecule has 3 aromatic rings. The maximum absolute atomic E-state index is 13.3. The molecule has 1 aliphatic rings. The van der Waals surface area contributed by atoms with E-state index in [9.17, 15) is 9.59 Å². The number of benzene rings is 3. The Balaban J connectivity index is 1.57. The summed E-state index contributed by atoms with van der Waals surface area (Å²) in [7, 11) is 3.23. The molecular formula is C27H28N2O4. The first kappa shape index (κ1) is 22.4. The third-order valence-electron chi connectivity index (χ3n) is 5.95. The van der Waals surface area contributed by atoms with E-state index in [0.717, 1.165) is 22.3 Å². The van der Waals surface area contributed by atoms with Crippen molar-refractivity contribution < 1.29 is 19.1 Å². The average Bonchev–Trinajstić information content (AvgIpc) is 2.86. The van der Waals surface area contributed by atoms with Crippen LogP contribution >= 0.6 is 0 Å². The second kappa shape index (κ2) is 10.2. The zero-order chi connectivity index (χ0) is 23.2. The average molecular weight is 445 g/mol. The van der Waals surface area contributed by atoms with E-state index in [1.807, 2.05) is 77.7 Å². The van der Waals surface area contributed by atoms with E-state index in [2.05, 4.69) is 5.32 Å². The van der Waals surface area contributed by atoms with Gasteiger partial charge >= 0.3 is 0 Å². The highest BCUT2D eigenvalue weighted by molar-refractivity contribution is 5.86. The molecule has 0 bridgehead atoms. The fourth-order valence-corrected chi connectivity index (χ4v) is 4.33. The number of carbonyl (C=O) groups excluding carboxylic acids is 2. The Labute approximate surface area is 194 Å². The zero-order valence-corrected chi connectivity index (χ0v) is 18.9. The van der Waals surface area contributed by atoms with Crippen LogP contribution in [0.3, 0.4) is 0 Å². The molecule has 0 spiro atoms. The molecule has 0 saturated carbocycles. The summed E-state index contributed by atoms with van der Waals surface area (Å²) < 4.78 is 11.0. The van der Waals surface area contributed by atoms with Crippen LogP contribution < -0.4 is 14.8 Å². The quantitative estimate of drug-likeness (QED) is 0.605. The lowest BCUT2D eigenvalue weighted by molar-refractivity contribution is -0.134. The van der Waals surface area contributed by atoms with E-state index in [0.29, 0.717) is 24.5 Å². The maximum Gasteiger partial charge on any atom is 0.242 e. The van der Waals surface area contributed by atoms with E-state index in [4.69, 9.17) is 9.47 Å². The summed E-state index contributed by atoms with van der Waals surface area (Å²) >= 11 is 0. The molecule has 1 heterocycles. The standard InChI is InChI=1S/C27H28N2O4/c1-32-23-16-21-13-14-29(26(31)18-28-25(30)15-19-9-5-3-6-10-19)27(20-11-7-4-8-12-20)22(21)17-24(23)33-2/h3-12,16-17,27H,13-15,18H2,1-2H3,(H,28,30). The number of ether oxygens (including phenoxy) is 2. The number of nitrogens with one attached hydrogen (secondary N) is 1. The molecule has 0 fully saturated rings. The van der Waals surface area contributed by atoms with Crippen molar-refractivity contribution >= 4 is 11.8 Å². The zero-order valence-electron chi connectivity index (χ0n) is 18.9. The Morgan fingerprint density at radius 3 is 2.24 bits per heavy atom. The third-order valence-corrected chi connectivity index (χ3v) is 5.95. The number of amides is 2. The van der Waals surface area contributed by atoms with Gasteiger partial charge in [0.2, 0.25) is 11.8 Å². The first-order valence-electron chi connectivity index (χ1n) is 11.0. The lowest BCUT2D eigenvalue weighted by Gasteiger charge is -2.38. The van der Waals surface area contributed by atoms with Gasteiger partial charge in [0.1, 0.15) is 0 Å². The molecule has 1 atom stereocenters. The van der Waals surface area contributed by atoms with Crippen LogP contribution in [0.25, 0.3) is 0 Å². The van der Waals surface area contributed by atoms with Crippen LogP contribution in [0.4, 0.5) is 0 Å². The van der Waals surface area contributed by atoms with Gasteiger partial charge in [-0.3, -0.25) is 9.59 Å². The van der Waals surface area contributed by atoms with Gasteiger partial charge < -0.3 is 19.7 Å². The molecule has 4 rings (SSSR count). The summed E-state index contributed by atoms with van der Waals surface area (Å²) in [5.74, 6) is 1.01. The molecule has 1 aliphatic heterocycles. The molecular weight excluding hydrogens is 416 g/mol. The van der Waals surface area contributed by atoms with Crippen LogP contribution in [0.1, 0.15) is 28.3 Å². The second-order valence-corrected chi connectivity index (χ2v) is 8.00. The summed E-state index contributed by atoms with van der Waals surface area (Å²) in [5, 5.41) is 2.79. The fraction of sp³-hybridized carbons (Fsp3) is 0.259. The number of rotatable bonds is 7. The van der Waals surface area contributed by atoms with Crippen molar-refractivity contribution in [3.63, 3.8) is 0 Å². The Kier molecular flexibility index (Phi) is 6.93. The SMILES string of the molecule is COc1cc2c(cc1OC)C(c1ccccc1)N(C(=O)CNC(=O)Cc1ccccc1)CC2. The molecule has 33 heavy (non-hydrogen) atoms. The number of nitrogens with zero attached hydrogens (tertiary/aromatic N) is 1. The third kappa shape index (κ3) is 5.00. The largest absolute Gasteiger partial charge is 0.493 e. The molecule has 1 N–H and O–H groups in total. The fourth-order valence-electron chi connectivity index (χ4n) is 4.33. The summed E-state index contributed by atoms with van der Waals surface area (Å²) in [5.41, 5.74) is 4.06. The number of hydrogen-bond acceptors (Lipinski definition) is 4. The van der Waals surface area contributed by atoms with Gasteiger partial charge in [0.25, 0.3) is 0 Å². The van der Waals surface area contributed by atoms with E-state index < -0.39 is 0 Å². The molecule has 0 radical (unpaired) electrons. The normalized spacial score (nSPS) is 14.8. The highest BCUT2D eigenvalue weighted by Crippen LogP contribution is 2.40. The van der Waals surface area contributed by atoms with Crippen molar-refractivity contribution in [2.45, 2.75) is 18.9 Å². The Hall–Kier alpha value is -3.80. The minimum Gasteiger partial charge on any atom is -0.493 e. The van der Waals surface area contributed by atoms with Gasteiger partial charge in [0.05, 0.1) is 33.2 Å². The summed E-state index contributed by atoms with van der Waals surface area (Å²) in [4.78, 5) is 27.5. The Morgan fingerprint density at radius 1 is 0.939 bits per heavy atom. The van der Waals surface area contributed by atoms with Crippen molar-refractivity contribution in [3.05, 3.63) is 95.1 Å². The summed E-state index contributed by atoms with van der Waals surface area (Å²) in [6.07, 6.45) is 0.943. The van der Waals surface area contributed by atoms with Crippen molar-refractivity contribution in [1.29, 1.82) is 0 Å². The first-order chi connectivity index (χ1) is 16.1. The van der Waals surface area contributed by atoms with E-state index in [1.54, 1.807) is 14.2 Å². The first-order valence-corrected chi connectivity index (χ1v) is 11.0. The lowest BCUT2D eigenvalue weighted by atomic mass is 9.87. The number of hydrogen-bond donors (Lipinski definition) is 1. The topological polar surface area (TPSA) is 67.9 Å². The number of fused-ring (bicyclic) bond motifs is 1. The highest BCUT2D eigenvalue weighted by Gasteiger charge is 2.33. The van der Waals surface area contributed by atoms with Gasteiger partial charge in [-0.25, -0.2) is 0 Å². The van der Waals surface area contributed by atoms with Gasteiger partial charge in [-0.15, -0.1) is 0 Å². The molecule has 0 aliphatic carbocycles. The van der Waals surface area contributed by atoms with Crippen LogP contribution in [0.5, 0.6) is 11.5 Å². The molecule has 1 unspecified atom stereocenters. The van der Waals surface area contributed by atoms with Gasteiger partial charge in [-0.2, -0.15) is 0 Å². The molecule has 2 amide bonds. The predicted octanol–water partition coefficient (Wildman–Crippen LogP) is 3.54. The number of carbonyl (C=O) groups is 2. The number of methoxy groups -OCH3 is 2. The van der Waals surface area contributed by atoms with Gasteiger partial charge in [0, 0.05) is 6.54 Å². The van der Waals surface area contributed by atoms with Crippen LogP contribution in [0, 0.1) is 0 Å². The smallest absolute Gasteiger partial charge is 0.242 e. The van der Waals surface area contributed by atoms with Crippen molar-refractivity contribution in [3.8, 4) is 11.5 Å². The van der Waals surface area contributed by atoms with Crippen LogP contribution in [-0.2, 0) is 22.4 Å². The monoisotopic (exact) mass is 444 g/mol. The molecule has 0 aromatic heterocycles. The maximum atomic E-state index is 13.3. The molecule has 3 aromatic carbocycles. The Morgan fingerprint density at radius 2 is 1.58 bits per heavy atom. The summed E-state index contributed by atoms with van der Waals surface area (Å²) in [6.45, 7) is 0.507. The van der Waals surface area contributed by atoms with E-state index in [-0.39, 0.29) is 30.8 Å². The van der Waals surface area contributed by atoms with Crippen molar-refractivity contribution in [2.75, 3.05) is 27.3 Å². The molecule has 6 nitrogen and oxygen atoms in total. The second-order valence-electron chi connectivity index (χ2n) is 8.00. The highest BCUT2D eigenvalue weighted by atomic mass is 16.5. The van der Waals surface area contributed by atoms with Crippen LogP contribution in [0.2, 0.25) is 0 Å². The van der Waals surface area contributed by atoms with E-state index in [1.165, 1.54) is 0 Å². The van der Waals surface area contributed by atoms with Gasteiger partial charge in [-0.05, 0) is 40.8 Å². The Bertz CT molecular complexity index is 1120. The van der Waals surface area contributed by atoms with Crippen molar-refractivity contribution in [2.24, 2.45) is 0 Å². The van der Waals surface area contributed by atoms with Gasteiger partial charge in [0.15, 0.2) is 11.5 Å². The molecule has 6 heteroatoms. The minimum absolute atomic E-state index is 0.0440. The predicted molar refractivity (Wildman–Crippen MR) is 126 cm³/mol. The lowest BCUT2D eigenvalue weighted by Crippen LogP contribution is -2.45. The molecule has 170 valence electrons. The van der Waals surface area contributed by atoms with Gasteiger partial charge in [-0.1, -0.05) is 60.7 Å². The van der Waals surface area contributed by atoms with E-state index >= 15 is 0 Å². The minimum atomic E-state index is -0.270. The van der Waals surface area contributed by atoms with Crippen molar-refractivity contribution in [1.82, 2.24) is 10.2 Å². The van der Waals surface area contributed by atoms with Crippen LogP contribution in [-0.4, -0.2) is 44.0 Å². The summed E-state index contributed by atoms with van der Waals surface area (Å²) in [6, 6.07) is 23.1. The van der Waals surface area contributed by atoms with Crippen LogP contribution in [0.15, 0.2) is 72.8 Å². The molecule has 0 saturated heterocycles.